The molecule has 0 radical (unpaired) electrons. The van der Waals surface area contributed by atoms with E-state index >= 15 is 0 Å². The van der Waals surface area contributed by atoms with Gasteiger partial charge in [0.1, 0.15) is 0 Å². The van der Waals surface area contributed by atoms with Crippen LogP contribution in [0.1, 0.15) is 46.5 Å². The fourth-order valence-electron chi connectivity index (χ4n) is 4.65. The van der Waals surface area contributed by atoms with E-state index in [1.807, 2.05) is 6.92 Å². The van der Waals surface area contributed by atoms with E-state index in [-0.39, 0.29) is 11.5 Å². The van der Waals surface area contributed by atoms with Crippen molar-refractivity contribution >= 4 is 5.97 Å². The van der Waals surface area contributed by atoms with Crippen molar-refractivity contribution in [1.82, 2.24) is 0 Å². The summed E-state index contributed by atoms with van der Waals surface area (Å²) in [5.41, 5.74) is 0.0781. The highest BCUT2D eigenvalue weighted by Crippen LogP contribution is 2.60. The van der Waals surface area contributed by atoms with E-state index in [1.165, 1.54) is 12.8 Å². The van der Waals surface area contributed by atoms with Gasteiger partial charge in [-0.1, -0.05) is 20.3 Å². The van der Waals surface area contributed by atoms with Crippen LogP contribution in [0.3, 0.4) is 0 Å². The molecule has 18 heavy (non-hydrogen) atoms. The highest BCUT2D eigenvalue weighted by Gasteiger charge is 2.64. The van der Waals surface area contributed by atoms with E-state index in [0.29, 0.717) is 23.9 Å². The van der Waals surface area contributed by atoms with Crippen LogP contribution in [0.25, 0.3) is 0 Å². The Bertz CT molecular complexity index is 367. The molecular weight excluding hydrogens is 228 g/mol. The minimum Gasteiger partial charge on any atom is -0.481 e. The van der Waals surface area contributed by atoms with Crippen LogP contribution in [-0.4, -0.2) is 22.8 Å². The van der Waals surface area contributed by atoms with Gasteiger partial charge >= 0.3 is 5.97 Å². The molecule has 0 aromatic carbocycles. The molecule has 3 rings (SSSR count). The van der Waals surface area contributed by atoms with E-state index in [4.69, 9.17) is 4.74 Å². The first kappa shape index (κ1) is 12.5. The van der Waals surface area contributed by atoms with Gasteiger partial charge in [-0.15, -0.1) is 0 Å². The highest BCUT2D eigenvalue weighted by molar-refractivity contribution is 5.70. The first-order valence-electron chi connectivity index (χ1n) is 7.34. The second-order valence-corrected chi connectivity index (χ2v) is 6.98. The average molecular weight is 252 g/mol. The van der Waals surface area contributed by atoms with E-state index in [2.05, 4.69) is 13.8 Å². The molecule has 7 atom stereocenters. The Morgan fingerprint density at radius 2 is 2.11 bits per heavy atom. The van der Waals surface area contributed by atoms with Gasteiger partial charge in [-0.05, 0) is 49.9 Å². The Hall–Kier alpha value is -0.570. The third-order valence-corrected chi connectivity index (χ3v) is 5.97. The largest absolute Gasteiger partial charge is 0.481 e. The first-order valence-corrected chi connectivity index (χ1v) is 7.34. The zero-order chi connectivity index (χ0) is 13.1. The number of rotatable bonds is 2. The molecule has 1 saturated heterocycles. The lowest BCUT2D eigenvalue weighted by molar-refractivity contribution is -0.145. The van der Waals surface area contributed by atoms with Gasteiger partial charge < -0.3 is 9.84 Å². The van der Waals surface area contributed by atoms with Crippen molar-refractivity contribution in [3.63, 3.8) is 0 Å². The first-order chi connectivity index (χ1) is 8.44. The quantitative estimate of drug-likeness (QED) is 0.769. The van der Waals surface area contributed by atoms with Crippen LogP contribution >= 0.6 is 0 Å². The molecule has 0 spiro atoms. The summed E-state index contributed by atoms with van der Waals surface area (Å²) in [6, 6.07) is 0. The summed E-state index contributed by atoms with van der Waals surface area (Å²) in [6.07, 6.45) is 4.98. The van der Waals surface area contributed by atoms with Crippen LogP contribution in [0.4, 0.5) is 0 Å². The van der Waals surface area contributed by atoms with Gasteiger partial charge in [0.05, 0.1) is 17.6 Å². The number of carbonyl (C=O) groups is 1. The smallest absolute Gasteiger partial charge is 0.306 e. The second kappa shape index (κ2) is 3.96. The Labute approximate surface area is 109 Å². The fourth-order valence-corrected chi connectivity index (χ4v) is 4.65. The summed E-state index contributed by atoms with van der Waals surface area (Å²) in [4.78, 5) is 11.3. The molecule has 102 valence electrons. The molecule has 3 aliphatic rings. The molecule has 1 aliphatic heterocycles. The van der Waals surface area contributed by atoms with Crippen LogP contribution in [0.5, 0.6) is 0 Å². The summed E-state index contributed by atoms with van der Waals surface area (Å²) in [5.74, 6) is 1.36. The zero-order valence-electron chi connectivity index (χ0n) is 11.6. The Balaban J connectivity index is 1.85. The third kappa shape index (κ3) is 1.70. The van der Waals surface area contributed by atoms with Crippen molar-refractivity contribution in [3.05, 3.63) is 0 Å². The topological polar surface area (TPSA) is 49.8 Å². The van der Waals surface area contributed by atoms with Crippen molar-refractivity contribution < 1.29 is 14.6 Å². The molecule has 2 saturated carbocycles. The minimum atomic E-state index is -0.638. The molecular formula is C15H24O3. The normalized spacial score (nSPS) is 52.1. The standard InChI is InChI=1S/C15H24O3/c1-8-4-5-11(9(2)14(16)17)12-10(8)6-7-15(3)13(12)18-15/h8-13H,4-7H2,1-3H3,(H,16,17)/t8-,9?,10+,11+,12+,13+,15+/m1/s1. The molecule has 3 fully saturated rings. The second-order valence-electron chi connectivity index (χ2n) is 6.98. The predicted molar refractivity (Wildman–Crippen MR) is 68.2 cm³/mol. The van der Waals surface area contributed by atoms with E-state index < -0.39 is 5.97 Å². The van der Waals surface area contributed by atoms with Gasteiger partial charge in [-0.25, -0.2) is 0 Å². The molecule has 1 N–H and O–H groups in total. The van der Waals surface area contributed by atoms with Crippen LogP contribution in [0.2, 0.25) is 0 Å². The molecule has 1 unspecified atom stereocenters. The average Bonchev–Trinajstić information content (AvgIpc) is 3.01. The number of hydrogen-bond acceptors (Lipinski definition) is 2. The van der Waals surface area contributed by atoms with Gasteiger partial charge in [0.25, 0.3) is 0 Å². The van der Waals surface area contributed by atoms with Crippen LogP contribution in [-0.2, 0) is 9.53 Å². The summed E-state index contributed by atoms with van der Waals surface area (Å²) in [5, 5.41) is 9.31. The zero-order valence-corrected chi connectivity index (χ0v) is 11.6. The van der Waals surface area contributed by atoms with Gasteiger partial charge in [0.2, 0.25) is 0 Å². The number of epoxide rings is 1. The number of ether oxygens (including phenoxy) is 1. The van der Waals surface area contributed by atoms with Gasteiger partial charge in [-0.2, -0.15) is 0 Å². The van der Waals surface area contributed by atoms with Crippen LogP contribution in [0, 0.1) is 29.6 Å². The third-order valence-electron chi connectivity index (χ3n) is 5.97. The molecule has 0 amide bonds. The molecule has 3 heteroatoms. The van der Waals surface area contributed by atoms with Crippen LogP contribution in [0.15, 0.2) is 0 Å². The SMILES string of the molecule is CC(C(=O)O)[C@@H]1CC[C@@H](C)[C@@H]2CC[C@]3(C)O[C@H]3[C@@H]21. The maximum absolute atomic E-state index is 11.3. The number of carboxylic acids is 1. The number of aliphatic carboxylic acids is 1. The number of fused-ring (bicyclic) bond motifs is 3. The van der Waals surface area contributed by atoms with Gasteiger partial charge in [0.15, 0.2) is 0 Å². The van der Waals surface area contributed by atoms with E-state index in [1.54, 1.807) is 0 Å². The molecule has 3 nitrogen and oxygen atoms in total. The lowest BCUT2D eigenvalue weighted by Gasteiger charge is -2.45. The molecule has 0 bridgehead atoms. The fraction of sp³-hybridized carbons (Fsp3) is 0.933. The summed E-state index contributed by atoms with van der Waals surface area (Å²) in [6.45, 7) is 6.42. The molecule has 0 aromatic rings. The van der Waals surface area contributed by atoms with Gasteiger partial charge in [-0.3, -0.25) is 4.79 Å². The minimum absolute atomic E-state index is 0.0781. The predicted octanol–water partition coefficient (Wildman–Crippen LogP) is 2.94. The lowest BCUT2D eigenvalue weighted by Crippen LogP contribution is -2.45. The lowest BCUT2D eigenvalue weighted by atomic mass is 9.57. The van der Waals surface area contributed by atoms with Crippen molar-refractivity contribution in [1.29, 1.82) is 0 Å². The van der Waals surface area contributed by atoms with Crippen molar-refractivity contribution in [2.75, 3.05) is 0 Å². The van der Waals surface area contributed by atoms with Crippen LogP contribution < -0.4 is 0 Å². The molecule has 1 heterocycles. The Morgan fingerprint density at radius 1 is 1.39 bits per heavy atom. The van der Waals surface area contributed by atoms with Crippen molar-refractivity contribution in [2.24, 2.45) is 29.6 Å². The maximum Gasteiger partial charge on any atom is 0.306 e. The number of carboxylic acid groups (broad SMARTS) is 1. The maximum atomic E-state index is 11.3. The van der Waals surface area contributed by atoms with E-state index in [0.717, 1.165) is 18.8 Å². The summed E-state index contributed by atoms with van der Waals surface area (Å²) in [7, 11) is 0. The Kier molecular flexibility index (Phi) is 2.74. The molecule has 2 aliphatic carbocycles. The van der Waals surface area contributed by atoms with Gasteiger partial charge in [0, 0.05) is 0 Å². The Morgan fingerprint density at radius 3 is 2.78 bits per heavy atom. The summed E-state index contributed by atoms with van der Waals surface area (Å²) < 4.78 is 5.95. The monoisotopic (exact) mass is 252 g/mol. The number of hydrogen-bond donors (Lipinski definition) is 1. The van der Waals surface area contributed by atoms with E-state index in [9.17, 15) is 9.90 Å². The summed E-state index contributed by atoms with van der Waals surface area (Å²) >= 11 is 0. The highest BCUT2D eigenvalue weighted by atomic mass is 16.6. The van der Waals surface area contributed by atoms with Crippen molar-refractivity contribution in [3.8, 4) is 0 Å². The molecule has 0 aromatic heterocycles. The van der Waals surface area contributed by atoms with Crippen molar-refractivity contribution in [2.45, 2.75) is 58.2 Å².